The maximum Gasteiger partial charge on any atom is 0.264 e. The first-order chi connectivity index (χ1) is 11.8. The van der Waals surface area contributed by atoms with Gasteiger partial charge >= 0.3 is 0 Å². The fourth-order valence-electron chi connectivity index (χ4n) is 2.25. The molecule has 0 aliphatic carbocycles. The van der Waals surface area contributed by atoms with Crippen LogP contribution in [-0.4, -0.2) is 14.5 Å². The van der Waals surface area contributed by atoms with Gasteiger partial charge in [0.2, 0.25) is 0 Å². The molecule has 6 heteroatoms. The predicted octanol–water partition coefficient (Wildman–Crippen LogP) is 6.32. The van der Waals surface area contributed by atoms with Crippen molar-refractivity contribution in [1.82, 2.24) is 0 Å². The minimum absolute atomic E-state index is 0.236. The first-order valence-corrected chi connectivity index (χ1v) is 10.5. The van der Waals surface area contributed by atoms with E-state index >= 15 is 0 Å². The maximum atomic E-state index is 13.1. The van der Waals surface area contributed by atoms with Crippen molar-refractivity contribution in [2.24, 2.45) is 0 Å². The van der Waals surface area contributed by atoms with Crippen LogP contribution in [0.4, 0.5) is 5.69 Å². The van der Waals surface area contributed by atoms with Gasteiger partial charge in [0.15, 0.2) is 0 Å². The molecule has 0 amide bonds. The summed E-state index contributed by atoms with van der Waals surface area (Å²) >= 11 is 12.3. The third-order valence-electron chi connectivity index (χ3n) is 3.71. The number of rotatable bonds is 5. The molecule has 0 N–H and O–H groups in total. The Bertz CT molecular complexity index is 790. The summed E-state index contributed by atoms with van der Waals surface area (Å²) in [7, 11) is -3.73. The highest BCUT2D eigenvalue weighted by molar-refractivity contribution is 7.92. The lowest BCUT2D eigenvalue weighted by Gasteiger charge is -2.30. The highest BCUT2D eigenvalue weighted by atomic mass is 35.5. The van der Waals surface area contributed by atoms with Crippen LogP contribution in [-0.2, 0) is 10.0 Å². The summed E-state index contributed by atoms with van der Waals surface area (Å²) in [6.45, 7) is 9.69. The molecule has 0 aromatic heterocycles. The fourth-order valence-corrected chi connectivity index (χ4v) is 4.41. The Morgan fingerprint density at radius 2 is 1.60 bits per heavy atom. The maximum absolute atomic E-state index is 13.1. The van der Waals surface area contributed by atoms with Crippen LogP contribution in [0.3, 0.4) is 0 Å². The first kappa shape index (κ1) is 21.8. The molecule has 2 aromatic rings. The number of aryl methyl sites for hydroxylation is 1. The molecule has 0 fully saturated rings. The van der Waals surface area contributed by atoms with E-state index in [9.17, 15) is 8.42 Å². The van der Waals surface area contributed by atoms with Gasteiger partial charge in [-0.2, -0.15) is 0 Å². The second-order valence-corrected chi connectivity index (χ2v) is 8.13. The minimum Gasteiger partial charge on any atom is -0.262 e. The van der Waals surface area contributed by atoms with Crippen molar-refractivity contribution < 1.29 is 8.42 Å². The van der Waals surface area contributed by atoms with Gasteiger partial charge in [-0.3, -0.25) is 4.31 Å². The number of nitrogens with zero attached hydrogens (tertiary/aromatic N) is 1. The summed E-state index contributed by atoms with van der Waals surface area (Å²) in [5, 5.41) is 0.794. The molecule has 0 saturated heterocycles. The molecule has 2 aromatic carbocycles. The Morgan fingerprint density at radius 3 is 2.12 bits per heavy atom. The number of benzene rings is 2. The van der Waals surface area contributed by atoms with E-state index < -0.39 is 10.0 Å². The molecule has 1 atom stereocenters. The normalized spacial score (nSPS) is 12.1. The van der Waals surface area contributed by atoms with Gasteiger partial charge in [0.25, 0.3) is 10.0 Å². The van der Waals surface area contributed by atoms with Gasteiger partial charge in [-0.1, -0.05) is 61.7 Å². The number of halogens is 2. The van der Waals surface area contributed by atoms with E-state index in [0.717, 1.165) is 5.56 Å². The Morgan fingerprint density at radius 1 is 1.04 bits per heavy atom. The van der Waals surface area contributed by atoms with E-state index in [2.05, 4.69) is 0 Å². The van der Waals surface area contributed by atoms with E-state index in [-0.39, 0.29) is 10.9 Å². The summed E-state index contributed by atoms with van der Waals surface area (Å²) in [5.41, 5.74) is 1.40. The second kappa shape index (κ2) is 9.46. The highest BCUT2D eigenvalue weighted by Crippen LogP contribution is 2.35. The largest absolute Gasteiger partial charge is 0.264 e. The Labute approximate surface area is 161 Å². The Balaban J connectivity index is 0.00000151. The number of sulfonamides is 1. The van der Waals surface area contributed by atoms with Gasteiger partial charge in [0.05, 0.1) is 15.6 Å². The van der Waals surface area contributed by atoms with Gasteiger partial charge in [0.1, 0.15) is 0 Å². The Kier molecular flexibility index (Phi) is 8.26. The minimum atomic E-state index is -3.73. The van der Waals surface area contributed by atoms with E-state index in [0.29, 0.717) is 22.2 Å². The molecule has 0 radical (unpaired) electrons. The zero-order valence-electron chi connectivity index (χ0n) is 15.3. The third kappa shape index (κ3) is 5.13. The smallest absolute Gasteiger partial charge is 0.262 e. The average Bonchev–Trinajstić information content (AvgIpc) is 2.60. The molecule has 0 unspecified atom stereocenters. The lowest BCUT2D eigenvalue weighted by Crippen LogP contribution is -2.38. The quantitative estimate of drug-likeness (QED) is 0.587. The van der Waals surface area contributed by atoms with Crippen molar-refractivity contribution in [1.29, 1.82) is 0 Å². The lowest BCUT2D eigenvalue weighted by atomic mass is 10.2. The second-order valence-electron chi connectivity index (χ2n) is 5.47. The van der Waals surface area contributed by atoms with Crippen molar-refractivity contribution in [3.8, 4) is 0 Å². The van der Waals surface area contributed by atoms with Crippen molar-refractivity contribution in [3.63, 3.8) is 0 Å². The van der Waals surface area contributed by atoms with Crippen LogP contribution in [0.2, 0.25) is 10.0 Å². The van der Waals surface area contributed by atoms with E-state index in [1.807, 2.05) is 34.6 Å². The molecule has 3 nitrogen and oxygen atoms in total. The van der Waals surface area contributed by atoms with Gasteiger partial charge in [0, 0.05) is 11.1 Å². The molecular weight excluding hydrogens is 377 g/mol. The average molecular weight is 402 g/mol. The van der Waals surface area contributed by atoms with Crippen LogP contribution >= 0.6 is 23.2 Å². The van der Waals surface area contributed by atoms with Crippen LogP contribution in [0.1, 0.15) is 39.7 Å². The van der Waals surface area contributed by atoms with Gasteiger partial charge in [-0.05, 0) is 50.6 Å². The summed E-state index contributed by atoms with van der Waals surface area (Å²) in [5.74, 6) is 0. The molecule has 25 heavy (non-hydrogen) atoms. The summed E-state index contributed by atoms with van der Waals surface area (Å²) in [4.78, 5) is 0.236. The van der Waals surface area contributed by atoms with Crippen LogP contribution in [0.5, 0.6) is 0 Å². The zero-order chi connectivity index (χ0) is 19.2. The lowest BCUT2D eigenvalue weighted by molar-refractivity contribution is 0.577. The summed E-state index contributed by atoms with van der Waals surface area (Å²) < 4.78 is 27.6. The van der Waals surface area contributed by atoms with E-state index in [4.69, 9.17) is 23.2 Å². The van der Waals surface area contributed by atoms with E-state index in [1.54, 1.807) is 42.5 Å². The monoisotopic (exact) mass is 401 g/mol. The summed E-state index contributed by atoms with van der Waals surface area (Å²) in [6.07, 6.45) is 0.647. The molecule has 0 heterocycles. The van der Waals surface area contributed by atoms with Crippen LogP contribution < -0.4 is 4.31 Å². The van der Waals surface area contributed by atoms with Crippen LogP contribution in [0.25, 0.3) is 0 Å². The van der Waals surface area contributed by atoms with Gasteiger partial charge in [-0.25, -0.2) is 8.42 Å². The van der Waals surface area contributed by atoms with Gasteiger partial charge in [-0.15, -0.1) is 0 Å². The topological polar surface area (TPSA) is 37.4 Å². The van der Waals surface area contributed by atoms with Crippen molar-refractivity contribution in [2.45, 2.75) is 52.0 Å². The molecule has 2 rings (SSSR count). The molecular formula is C19H25Cl2NO2S. The molecule has 0 bridgehead atoms. The molecule has 0 saturated carbocycles. The van der Waals surface area contributed by atoms with Crippen LogP contribution in [0.15, 0.2) is 47.4 Å². The predicted molar refractivity (Wildman–Crippen MR) is 108 cm³/mol. The van der Waals surface area contributed by atoms with Crippen molar-refractivity contribution in [3.05, 3.63) is 58.1 Å². The molecule has 0 spiro atoms. The summed E-state index contributed by atoms with van der Waals surface area (Å²) in [6, 6.07) is 11.4. The van der Waals surface area contributed by atoms with Crippen LogP contribution in [0, 0.1) is 6.92 Å². The fraction of sp³-hybridized carbons (Fsp3) is 0.368. The molecule has 0 aliphatic rings. The number of anilines is 1. The third-order valence-corrected chi connectivity index (χ3v) is 6.21. The number of hydrogen-bond donors (Lipinski definition) is 0. The SMILES string of the molecule is CC.CC[C@@H](C)N(c1cc(Cl)ccc1Cl)S(=O)(=O)c1ccc(C)cc1. The van der Waals surface area contributed by atoms with Gasteiger partial charge < -0.3 is 0 Å². The standard InChI is InChI=1S/C17H19Cl2NO2S.C2H6/c1-4-13(3)20(17-11-14(18)7-10-16(17)19)23(21,22)15-8-5-12(2)6-9-15;1-2/h5-11,13H,4H2,1-3H3;1-2H3/t13-;/m1./s1. The molecule has 0 aliphatic heterocycles. The first-order valence-electron chi connectivity index (χ1n) is 8.33. The van der Waals surface area contributed by atoms with Crippen molar-refractivity contribution in [2.75, 3.05) is 4.31 Å². The Hall–Kier alpha value is -1.23. The molecule has 138 valence electrons. The van der Waals surface area contributed by atoms with E-state index in [1.165, 1.54) is 4.31 Å². The van der Waals surface area contributed by atoms with Crippen molar-refractivity contribution >= 4 is 38.9 Å². The number of hydrogen-bond acceptors (Lipinski definition) is 2. The zero-order valence-corrected chi connectivity index (χ0v) is 17.6. The highest BCUT2D eigenvalue weighted by Gasteiger charge is 2.30.